The molecule has 64 valence electrons. The van der Waals surface area contributed by atoms with E-state index in [1.165, 1.54) is 12.1 Å². The van der Waals surface area contributed by atoms with Gasteiger partial charge in [0.1, 0.15) is 0 Å². The van der Waals surface area contributed by atoms with E-state index in [-0.39, 0.29) is 41.0 Å². The molecule has 0 saturated carbocycles. The number of nitro groups is 1. The van der Waals surface area contributed by atoms with Crippen LogP contribution >= 0.6 is 0 Å². The predicted molar refractivity (Wildman–Crippen MR) is 42.0 cm³/mol. The van der Waals surface area contributed by atoms with Crippen LogP contribution in [0.25, 0.3) is 0 Å². The molecule has 4 nitrogen and oxygen atoms in total. The Kier molecular flexibility index (Phi) is 4.39. The molecule has 0 aliphatic rings. The molecule has 0 saturated heterocycles. The van der Waals surface area contributed by atoms with Crippen LogP contribution in [0.2, 0.25) is 0 Å². The molecule has 1 aromatic carbocycles. The molecule has 0 unspecified atom stereocenters. The van der Waals surface area contributed by atoms with Gasteiger partial charge in [0.25, 0.3) is 5.69 Å². The maximum Gasteiger partial charge on any atom is 1.00 e. The fraction of sp³-hybridized carbons (Fsp3) is 0.250. The summed E-state index contributed by atoms with van der Waals surface area (Å²) in [7, 11) is 0. The summed E-state index contributed by atoms with van der Waals surface area (Å²) in [6.45, 7) is 3.14. The monoisotopic (exact) mass is 189 g/mol. The van der Waals surface area contributed by atoms with E-state index in [2.05, 4.69) is 0 Å². The molecule has 1 rings (SSSR count). The molecule has 13 heavy (non-hydrogen) atoms. The van der Waals surface area contributed by atoms with Crippen molar-refractivity contribution in [3.8, 4) is 5.75 Å². The third-order valence-electron chi connectivity index (χ3n) is 1.66. The number of benzene rings is 1. The van der Waals surface area contributed by atoms with Crippen LogP contribution in [0.4, 0.5) is 5.69 Å². The van der Waals surface area contributed by atoms with Crippen molar-refractivity contribution < 1.29 is 39.6 Å². The molecule has 0 spiro atoms. The van der Waals surface area contributed by atoms with Gasteiger partial charge in [-0.05, 0) is 13.8 Å². The van der Waals surface area contributed by atoms with Crippen molar-refractivity contribution in [1.29, 1.82) is 0 Å². The third kappa shape index (κ3) is 2.69. The molecule has 0 atom stereocenters. The molecule has 0 fully saturated rings. The minimum atomic E-state index is -0.501. The van der Waals surface area contributed by atoms with Crippen molar-refractivity contribution in [2.75, 3.05) is 0 Å². The first kappa shape index (κ1) is 12.4. The van der Waals surface area contributed by atoms with E-state index in [4.69, 9.17) is 0 Å². The Bertz CT molecular complexity index is 315. The molecule has 0 bridgehead atoms. The second-order valence-electron chi connectivity index (χ2n) is 2.67. The van der Waals surface area contributed by atoms with Gasteiger partial charge in [0, 0.05) is 12.1 Å². The summed E-state index contributed by atoms with van der Waals surface area (Å²) in [6.07, 6.45) is 0. The zero-order valence-corrected chi connectivity index (χ0v) is 9.83. The normalized spacial score (nSPS) is 9.08. The van der Waals surface area contributed by atoms with E-state index in [9.17, 15) is 15.2 Å². The SMILES string of the molecule is Cc1cc([N+](=O)[O-])cc(C)c1[O-].[Na+]. The Morgan fingerprint density at radius 3 is 1.92 bits per heavy atom. The predicted octanol–water partition coefficient (Wildman–Crippen LogP) is -1.71. The zero-order chi connectivity index (χ0) is 9.30. The van der Waals surface area contributed by atoms with Crippen LogP contribution in [0.1, 0.15) is 11.1 Å². The Hall–Kier alpha value is -0.580. The molecule has 0 N–H and O–H groups in total. The average molecular weight is 189 g/mol. The number of non-ortho nitro benzene ring substituents is 1. The maximum atomic E-state index is 11.1. The summed E-state index contributed by atoms with van der Waals surface area (Å²) in [5, 5.41) is 21.4. The first-order valence-electron chi connectivity index (χ1n) is 3.45. The van der Waals surface area contributed by atoms with Gasteiger partial charge in [-0.15, -0.1) is 5.75 Å². The van der Waals surface area contributed by atoms with Gasteiger partial charge >= 0.3 is 29.6 Å². The number of hydrogen-bond donors (Lipinski definition) is 0. The number of nitrogens with zero attached hydrogens (tertiary/aromatic N) is 1. The molecular formula is C8H8NNaO3. The summed E-state index contributed by atoms with van der Waals surface area (Å²) in [4.78, 5) is 9.82. The van der Waals surface area contributed by atoms with Crippen LogP contribution < -0.4 is 34.7 Å². The van der Waals surface area contributed by atoms with Crippen molar-refractivity contribution >= 4 is 5.69 Å². The number of hydrogen-bond acceptors (Lipinski definition) is 3. The van der Waals surface area contributed by atoms with Crippen molar-refractivity contribution in [2.24, 2.45) is 0 Å². The van der Waals surface area contributed by atoms with Gasteiger partial charge in [0.05, 0.1) is 4.92 Å². The molecule has 0 aliphatic carbocycles. The standard InChI is InChI=1S/C8H9NO3.Na/c1-5-3-7(9(11)12)4-6(2)8(5)10;/h3-4,10H,1-2H3;/q;+1/p-1. The van der Waals surface area contributed by atoms with Gasteiger partial charge < -0.3 is 5.11 Å². The molecule has 5 heteroatoms. The summed E-state index contributed by atoms with van der Waals surface area (Å²) in [5.74, 6) is -0.124. The second-order valence-corrected chi connectivity index (χ2v) is 2.67. The fourth-order valence-electron chi connectivity index (χ4n) is 1.03. The molecule has 0 amide bonds. The number of aryl methyl sites for hydroxylation is 2. The van der Waals surface area contributed by atoms with Gasteiger partial charge in [-0.1, -0.05) is 11.1 Å². The minimum Gasteiger partial charge on any atom is -0.872 e. The molecule has 0 aromatic heterocycles. The quantitative estimate of drug-likeness (QED) is 0.300. The van der Waals surface area contributed by atoms with Gasteiger partial charge in [0.2, 0.25) is 0 Å². The molecule has 0 heterocycles. The van der Waals surface area contributed by atoms with Crippen LogP contribution in [0.3, 0.4) is 0 Å². The van der Waals surface area contributed by atoms with E-state index in [0.717, 1.165) is 0 Å². The smallest absolute Gasteiger partial charge is 0.872 e. The summed E-state index contributed by atoms with van der Waals surface area (Å²) < 4.78 is 0. The van der Waals surface area contributed by atoms with Gasteiger partial charge in [-0.25, -0.2) is 0 Å². The molecule has 0 radical (unpaired) electrons. The molecule has 0 aliphatic heterocycles. The maximum absolute atomic E-state index is 11.1. The Balaban J connectivity index is 0.00000144. The van der Waals surface area contributed by atoms with Crippen LogP contribution in [-0.4, -0.2) is 4.92 Å². The van der Waals surface area contributed by atoms with Crippen LogP contribution in [0, 0.1) is 24.0 Å². The topological polar surface area (TPSA) is 66.2 Å². The van der Waals surface area contributed by atoms with Crippen molar-refractivity contribution in [3.05, 3.63) is 33.4 Å². The summed E-state index contributed by atoms with van der Waals surface area (Å²) >= 11 is 0. The average Bonchev–Trinajstić information content (AvgIpc) is 1.99. The largest absolute Gasteiger partial charge is 1.00 e. The molecule has 1 aromatic rings. The van der Waals surface area contributed by atoms with E-state index in [1.807, 2.05) is 0 Å². The van der Waals surface area contributed by atoms with E-state index >= 15 is 0 Å². The fourth-order valence-corrected chi connectivity index (χ4v) is 1.03. The number of rotatable bonds is 1. The van der Waals surface area contributed by atoms with Crippen LogP contribution in [0.15, 0.2) is 12.1 Å². The number of nitro benzene ring substituents is 1. The summed E-state index contributed by atoms with van der Waals surface area (Å²) in [5.41, 5.74) is 0.813. The van der Waals surface area contributed by atoms with E-state index in [0.29, 0.717) is 11.1 Å². The van der Waals surface area contributed by atoms with Gasteiger partial charge in [0.15, 0.2) is 0 Å². The van der Waals surface area contributed by atoms with Crippen molar-refractivity contribution in [1.82, 2.24) is 0 Å². The van der Waals surface area contributed by atoms with Gasteiger partial charge in [-0.3, -0.25) is 10.1 Å². The van der Waals surface area contributed by atoms with Crippen molar-refractivity contribution in [3.63, 3.8) is 0 Å². The minimum absolute atomic E-state index is 0. The Labute approximate surface area is 98.0 Å². The van der Waals surface area contributed by atoms with E-state index in [1.54, 1.807) is 13.8 Å². The van der Waals surface area contributed by atoms with Crippen LogP contribution in [0.5, 0.6) is 5.75 Å². The van der Waals surface area contributed by atoms with Crippen molar-refractivity contribution in [2.45, 2.75) is 13.8 Å². The third-order valence-corrected chi connectivity index (χ3v) is 1.66. The Morgan fingerprint density at radius 1 is 1.23 bits per heavy atom. The van der Waals surface area contributed by atoms with Crippen LogP contribution in [-0.2, 0) is 0 Å². The van der Waals surface area contributed by atoms with Gasteiger partial charge in [-0.2, -0.15) is 0 Å². The second kappa shape index (κ2) is 4.60. The first-order chi connectivity index (χ1) is 5.52. The Morgan fingerprint density at radius 2 is 1.62 bits per heavy atom. The summed E-state index contributed by atoms with van der Waals surface area (Å²) in [6, 6.07) is 2.57. The zero-order valence-electron chi connectivity index (χ0n) is 7.83. The molecular weight excluding hydrogens is 181 g/mol. The van der Waals surface area contributed by atoms with E-state index < -0.39 is 4.92 Å². The first-order valence-corrected chi connectivity index (χ1v) is 3.45.